The van der Waals surface area contributed by atoms with Crippen molar-refractivity contribution >= 4 is 12.4 Å². The van der Waals surface area contributed by atoms with E-state index >= 15 is 0 Å². The van der Waals surface area contributed by atoms with Gasteiger partial charge in [-0.3, -0.25) is 0 Å². The van der Waals surface area contributed by atoms with Gasteiger partial charge in [0.25, 0.3) is 0 Å². The summed E-state index contributed by atoms with van der Waals surface area (Å²) in [6.07, 6.45) is -1.11. The molecule has 0 aliphatic heterocycles. The van der Waals surface area contributed by atoms with Crippen LogP contribution in [0.5, 0.6) is 0 Å². The first-order valence-corrected chi connectivity index (χ1v) is 5.30. The third-order valence-electron chi connectivity index (χ3n) is 1.88. The highest BCUT2D eigenvalue weighted by molar-refractivity contribution is 5.73. The summed E-state index contributed by atoms with van der Waals surface area (Å²) >= 11 is 0. The molecule has 0 rings (SSSR count). The highest BCUT2D eigenvalue weighted by atomic mass is 16.6. The van der Waals surface area contributed by atoms with Crippen molar-refractivity contribution in [3.05, 3.63) is 0 Å². The molecule has 0 bridgehead atoms. The van der Waals surface area contributed by atoms with E-state index < -0.39 is 23.8 Å². The van der Waals surface area contributed by atoms with Gasteiger partial charge in [-0.1, -0.05) is 13.8 Å². The fourth-order valence-corrected chi connectivity index (χ4v) is 1.06. The largest absolute Gasteiger partial charge is 0.444 e. The van der Waals surface area contributed by atoms with E-state index in [9.17, 15) is 14.7 Å². The first-order chi connectivity index (χ1) is 7.17. The molecule has 0 aromatic heterocycles. The number of carbonyl (C=O) groups is 2. The Morgan fingerprint density at radius 1 is 1.38 bits per heavy atom. The molecule has 5 nitrogen and oxygen atoms in total. The van der Waals surface area contributed by atoms with Crippen molar-refractivity contribution < 1.29 is 19.4 Å². The standard InChI is InChI=1S/C11H21NO4/c1-7(2)9(14)8(6-13)12-10(15)16-11(3,4)5/h6-9,14H,1-5H3,(H,12,15)/t8-,9-/m1/s1. The van der Waals surface area contributed by atoms with E-state index in [-0.39, 0.29) is 5.92 Å². The van der Waals surface area contributed by atoms with Gasteiger partial charge in [-0.15, -0.1) is 0 Å². The van der Waals surface area contributed by atoms with Gasteiger partial charge in [-0.25, -0.2) is 4.79 Å². The summed E-state index contributed by atoms with van der Waals surface area (Å²) in [4.78, 5) is 22.1. The van der Waals surface area contributed by atoms with Gasteiger partial charge in [-0.2, -0.15) is 0 Å². The number of aliphatic hydroxyl groups excluding tert-OH is 1. The number of nitrogens with one attached hydrogen (secondary N) is 1. The van der Waals surface area contributed by atoms with Crippen LogP contribution in [0.3, 0.4) is 0 Å². The average Bonchev–Trinajstić information content (AvgIpc) is 2.09. The van der Waals surface area contributed by atoms with Crippen LogP contribution in [0, 0.1) is 5.92 Å². The Kier molecular flexibility index (Phi) is 5.44. The zero-order chi connectivity index (χ0) is 12.9. The number of aldehydes is 1. The lowest BCUT2D eigenvalue weighted by molar-refractivity contribution is -0.112. The molecule has 16 heavy (non-hydrogen) atoms. The minimum atomic E-state index is -0.935. The Morgan fingerprint density at radius 3 is 2.19 bits per heavy atom. The maximum absolute atomic E-state index is 11.4. The predicted octanol–water partition coefficient (Wildman–Crippen LogP) is 1.10. The van der Waals surface area contributed by atoms with Gasteiger partial charge in [0.2, 0.25) is 0 Å². The van der Waals surface area contributed by atoms with Gasteiger partial charge >= 0.3 is 6.09 Å². The molecule has 0 aliphatic carbocycles. The fraction of sp³-hybridized carbons (Fsp3) is 0.818. The molecule has 2 N–H and O–H groups in total. The normalized spacial score (nSPS) is 15.4. The number of rotatable bonds is 4. The van der Waals surface area contributed by atoms with E-state index in [1.54, 1.807) is 34.6 Å². The Morgan fingerprint density at radius 2 is 1.88 bits per heavy atom. The summed E-state index contributed by atoms with van der Waals surface area (Å²) in [5.74, 6) is -0.120. The van der Waals surface area contributed by atoms with Crippen molar-refractivity contribution in [3.8, 4) is 0 Å². The maximum atomic E-state index is 11.4. The second-order valence-corrected chi connectivity index (χ2v) is 5.04. The van der Waals surface area contributed by atoms with Crippen LogP contribution in [0.4, 0.5) is 4.79 Å². The second-order valence-electron chi connectivity index (χ2n) is 5.04. The number of aliphatic hydroxyl groups is 1. The van der Waals surface area contributed by atoms with E-state index in [0.29, 0.717) is 6.29 Å². The van der Waals surface area contributed by atoms with Crippen LogP contribution in [-0.2, 0) is 9.53 Å². The molecular formula is C11H21NO4. The Bertz CT molecular complexity index is 245. The van der Waals surface area contributed by atoms with E-state index in [1.165, 1.54) is 0 Å². The van der Waals surface area contributed by atoms with Gasteiger partial charge in [-0.05, 0) is 26.7 Å². The molecule has 0 saturated heterocycles. The first-order valence-electron chi connectivity index (χ1n) is 5.30. The summed E-state index contributed by atoms with van der Waals surface area (Å²) in [6, 6.07) is -0.935. The molecule has 0 radical (unpaired) electrons. The smallest absolute Gasteiger partial charge is 0.408 e. The summed E-state index contributed by atoms with van der Waals surface area (Å²) < 4.78 is 4.98. The number of ether oxygens (including phenoxy) is 1. The Balaban J connectivity index is 4.34. The van der Waals surface area contributed by atoms with Gasteiger partial charge in [0.15, 0.2) is 0 Å². The van der Waals surface area contributed by atoms with Crippen LogP contribution in [-0.4, -0.2) is 35.2 Å². The number of carbonyl (C=O) groups excluding carboxylic acids is 2. The van der Waals surface area contributed by atoms with E-state index in [0.717, 1.165) is 0 Å². The summed E-state index contributed by atoms with van der Waals surface area (Å²) in [7, 11) is 0. The summed E-state index contributed by atoms with van der Waals surface area (Å²) in [5.41, 5.74) is -0.625. The monoisotopic (exact) mass is 231 g/mol. The van der Waals surface area contributed by atoms with Crippen LogP contribution < -0.4 is 5.32 Å². The van der Waals surface area contributed by atoms with Crippen molar-refractivity contribution in [2.24, 2.45) is 5.92 Å². The van der Waals surface area contributed by atoms with Crippen molar-refractivity contribution in [3.63, 3.8) is 0 Å². The topological polar surface area (TPSA) is 75.6 Å². The van der Waals surface area contributed by atoms with Gasteiger partial charge in [0, 0.05) is 0 Å². The third-order valence-corrected chi connectivity index (χ3v) is 1.88. The summed E-state index contributed by atoms with van der Waals surface area (Å²) in [5, 5.41) is 12.0. The molecule has 0 unspecified atom stereocenters. The molecule has 0 heterocycles. The highest BCUT2D eigenvalue weighted by Gasteiger charge is 2.25. The van der Waals surface area contributed by atoms with Crippen molar-refractivity contribution in [1.82, 2.24) is 5.32 Å². The Labute approximate surface area is 96.2 Å². The fourth-order valence-electron chi connectivity index (χ4n) is 1.06. The first kappa shape index (κ1) is 14.9. The molecule has 0 saturated carbocycles. The second kappa shape index (κ2) is 5.84. The molecule has 0 aromatic rings. The molecule has 2 atom stereocenters. The minimum Gasteiger partial charge on any atom is -0.444 e. The number of alkyl carbamates (subject to hydrolysis) is 1. The van der Waals surface area contributed by atoms with Crippen molar-refractivity contribution in [2.45, 2.75) is 52.4 Å². The lowest BCUT2D eigenvalue weighted by Gasteiger charge is -2.25. The summed E-state index contributed by atoms with van der Waals surface area (Å²) in [6.45, 7) is 8.69. The van der Waals surface area contributed by atoms with E-state index in [2.05, 4.69) is 5.32 Å². The predicted molar refractivity (Wildman–Crippen MR) is 60.1 cm³/mol. The molecule has 0 fully saturated rings. The molecule has 5 heteroatoms. The molecule has 94 valence electrons. The van der Waals surface area contributed by atoms with Crippen LogP contribution in [0.15, 0.2) is 0 Å². The van der Waals surface area contributed by atoms with Gasteiger partial charge < -0.3 is 20.0 Å². The van der Waals surface area contributed by atoms with Crippen molar-refractivity contribution in [1.29, 1.82) is 0 Å². The zero-order valence-corrected chi connectivity index (χ0v) is 10.5. The van der Waals surface area contributed by atoms with Crippen molar-refractivity contribution in [2.75, 3.05) is 0 Å². The van der Waals surface area contributed by atoms with Crippen LogP contribution in [0.1, 0.15) is 34.6 Å². The molecule has 0 aliphatic rings. The quantitative estimate of drug-likeness (QED) is 0.710. The average molecular weight is 231 g/mol. The molecule has 0 spiro atoms. The van der Waals surface area contributed by atoms with Crippen LogP contribution >= 0.6 is 0 Å². The zero-order valence-electron chi connectivity index (χ0n) is 10.5. The molecule has 1 amide bonds. The van der Waals surface area contributed by atoms with Gasteiger partial charge in [0.05, 0.1) is 6.10 Å². The lowest BCUT2D eigenvalue weighted by atomic mass is 10.0. The Hall–Kier alpha value is -1.10. The van der Waals surface area contributed by atoms with Crippen LogP contribution in [0.2, 0.25) is 0 Å². The maximum Gasteiger partial charge on any atom is 0.408 e. The molecular weight excluding hydrogens is 210 g/mol. The number of hydrogen-bond acceptors (Lipinski definition) is 4. The lowest BCUT2D eigenvalue weighted by Crippen LogP contribution is -2.48. The van der Waals surface area contributed by atoms with Crippen LogP contribution in [0.25, 0.3) is 0 Å². The number of hydrogen-bond donors (Lipinski definition) is 2. The van der Waals surface area contributed by atoms with Gasteiger partial charge in [0.1, 0.15) is 17.9 Å². The molecule has 0 aromatic carbocycles. The third kappa shape index (κ3) is 5.70. The van der Waals surface area contributed by atoms with E-state index in [4.69, 9.17) is 4.74 Å². The number of amides is 1. The highest BCUT2D eigenvalue weighted by Crippen LogP contribution is 2.09. The van der Waals surface area contributed by atoms with E-state index in [1.807, 2.05) is 0 Å². The minimum absolute atomic E-state index is 0.120. The SMILES string of the molecule is CC(C)[C@@H](O)[C@@H](C=O)NC(=O)OC(C)(C)C.